The van der Waals surface area contributed by atoms with Crippen LogP contribution < -0.4 is 5.73 Å². The Morgan fingerprint density at radius 1 is 1.25 bits per heavy atom. The molecule has 4 atom stereocenters. The largest absolute Gasteiger partial charge is 0.396 e. The number of imidazole rings is 1. The lowest BCUT2D eigenvalue weighted by molar-refractivity contribution is 0.0498. The van der Waals surface area contributed by atoms with Crippen LogP contribution in [0.15, 0.2) is 12.7 Å². The molecule has 2 aromatic rings. The highest BCUT2D eigenvalue weighted by molar-refractivity contribution is 5.81. The van der Waals surface area contributed by atoms with Crippen LogP contribution in [-0.2, 0) is 9.47 Å². The van der Waals surface area contributed by atoms with Gasteiger partial charge in [0, 0.05) is 5.92 Å². The Bertz CT molecular complexity index is 645. The molecule has 2 aliphatic heterocycles. The maximum Gasteiger partial charge on any atom is 0.165 e. The number of anilines is 1. The summed E-state index contributed by atoms with van der Waals surface area (Å²) < 4.78 is 13.5. The Labute approximate surface area is 114 Å². The summed E-state index contributed by atoms with van der Waals surface area (Å²) in [4.78, 5) is 12.5. The van der Waals surface area contributed by atoms with Gasteiger partial charge in [-0.2, -0.15) is 0 Å². The van der Waals surface area contributed by atoms with E-state index in [0.29, 0.717) is 30.2 Å². The SMILES string of the molecule is Nc1ncnc2c1ncn2C1COC2C(CO)COC21. The number of nitrogens with two attached hydrogens (primary N) is 1. The second-order valence-corrected chi connectivity index (χ2v) is 5.19. The molecule has 4 rings (SSSR count). The summed E-state index contributed by atoms with van der Waals surface area (Å²) in [5.41, 5.74) is 7.07. The summed E-state index contributed by atoms with van der Waals surface area (Å²) in [7, 11) is 0. The van der Waals surface area contributed by atoms with Crippen molar-refractivity contribution in [3.8, 4) is 0 Å². The first-order valence-corrected chi connectivity index (χ1v) is 6.56. The number of aromatic nitrogens is 4. The average molecular weight is 277 g/mol. The number of ether oxygens (including phenoxy) is 2. The minimum Gasteiger partial charge on any atom is -0.396 e. The van der Waals surface area contributed by atoms with Crippen molar-refractivity contribution in [2.24, 2.45) is 5.92 Å². The smallest absolute Gasteiger partial charge is 0.165 e. The second kappa shape index (κ2) is 4.37. The molecule has 2 aliphatic rings. The summed E-state index contributed by atoms with van der Waals surface area (Å²) in [6, 6.07) is -0.00384. The van der Waals surface area contributed by atoms with Gasteiger partial charge in [-0.1, -0.05) is 0 Å². The standard InChI is InChI=1S/C12H15N5O3/c13-11-8-12(15-4-14-11)17(5-16-8)7-3-20-9-6(1-18)2-19-10(7)9/h4-7,9-10,18H,1-3H2,(H2,13,14,15). The zero-order valence-corrected chi connectivity index (χ0v) is 10.7. The number of aliphatic hydroxyl groups is 1. The summed E-state index contributed by atoms with van der Waals surface area (Å²) in [5.74, 6) is 0.407. The highest BCUT2D eigenvalue weighted by Gasteiger charge is 2.48. The van der Waals surface area contributed by atoms with Crippen LogP contribution in [-0.4, -0.2) is 56.7 Å². The summed E-state index contributed by atoms with van der Waals surface area (Å²) >= 11 is 0. The molecule has 3 N–H and O–H groups in total. The summed E-state index contributed by atoms with van der Waals surface area (Å²) in [6.45, 7) is 1.11. The fourth-order valence-electron chi connectivity index (χ4n) is 3.07. The van der Waals surface area contributed by atoms with Crippen molar-refractivity contribution in [2.75, 3.05) is 25.6 Å². The fourth-order valence-corrected chi connectivity index (χ4v) is 3.07. The van der Waals surface area contributed by atoms with E-state index in [9.17, 15) is 5.11 Å². The van der Waals surface area contributed by atoms with Crippen molar-refractivity contribution in [1.82, 2.24) is 19.5 Å². The monoisotopic (exact) mass is 277 g/mol. The number of nitrogens with zero attached hydrogens (tertiary/aromatic N) is 4. The van der Waals surface area contributed by atoms with E-state index in [1.54, 1.807) is 6.33 Å². The number of nitrogen functional groups attached to an aromatic ring is 1. The molecule has 2 fully saturated rings. The Kier molecular flexibility index (Phi) is 2.62. The van der Waals surface area contributed by atoms with Gasteiger partial charge in [0.2, 0.25) is 0 Å². The molecular weight excluding hydrogens is 262 g/mol. The van der Waals surface area contributed by atoms with Gasteiger partial charge in [-0.05, 0) is 0 Å². The Morgan fingerprint density at radius 3 is 2.95 bits per heavy atom. The molecule has 2 saturated heterocycles. The van der Waals surface area contributed by atoms with Crippen LogP contribution >= 0.6 is 0 Å². The van der Waals surface area contributed by atoms with Gasteiger partial charge < -0.3 is 24.9 Å². The van der Waals surface area contributed by atoms with Crippen LogP contribution in [0.4, 0.5) is 5.82 Å². The van der Waals surface area contributed by atoms with Crippen LogP contribution in [0.2, 0.25) is 0 Å². The Morgan fingerprint density at radius 2 is 2.10 bits per heavy atom. The third kappa shape index (κ3) is 1.55. The zero-order valence-electron chi connectivity index (χ0n) is 10.7. The minimum atomic E-state index is -0.0826. The Hall–Kier alpha value is -1.77. The van der Waals surface area contributed by atoms with Crippen molar-refractivity contribution in [2.45, 2.75) is 18.2 Å². The minimum absolute atomic E-state index is 0.00384. The third-order valence-electron chi connectivity index (χ3n) is 4.11. The molecule has 106 valence electrons. The molecule has 8 heteroatoms. The molecule has 8 nitrogen and oxygen atoms in total. The number of rotatable bonds is 2. The highest BCUT2D eigenvalue weighted by Crippen LogP contribution is 2.38. The number of hydrogen-bond donors (Lipinski definition) is 2. The van der Waals surface area contributed by atoms with E-state index in [4.69, 9.17) is 15.2 Å². The molecule has 0 radical (unpaired) electrons. The van der Waals surface area contributed by atoms with Crippen LogP contribution in [0, 0.1) is 5.92 Å². The molecule has 2 aromatic heterocycles. The first kappa shape index (κ1) is 12.0. The van der Waals surface area contributed by atoms with Crippen LogP contribution in [0.5, 0.6) is 0 Å². The van der Waals surface area contributed by atoms with Crippen molar-refractivity contribution < 1.29 is 14.6 Å². The van der Waals surface area contributed by atoms with E-state index in [1.165, 1.54) is 6.33 Å². The van der Waals surface area contributed by atoms with Gasteiger partial charge >= 0.3 is 0 Å². The van der Waals surface area contributed by atoms with Gasteiger partial charge in [0.05, 0.1) is 38.3 Å². The zero-order chi connectivity index (χ0) is 13.7. The van der Waals surface area contributed by atoms with Crippen LogP contribution in [0.25, 0.3) is 11.2 Å². The Balaban J connectivity index is 1.72. The van der Waals surface area contributed by atoms with Gasteiger partial charge in [0.15, 0.2) is 11.5 Å². The molecule has 20 heavy (non-hydrogen) atoms. The quantitative estimate of drug-likeness (QED) is 0.751. The number of hydrogen-bond acceptors (Lipinski definition) is 7. The molecule has 0 amide bonds. The van der Waals surface area contributed by atoms with Crippen molar-refractivity contribution in [3.63, 3.8) is 0 Å². The van der Waals surface area contributed by atoms with Gasteiger partial charge in [0.1, 0.15) is 17.9 Å². The number of aliphatic hydroxyl groups excluding tert-OH is 1. The van der Waals surface area contributed by atoms with Gasteiger partial charge in [-0.25, -0.2) is 15.0 Å². The fraction of sp³-hybridized carbons (Fsp3) is 0.583. The summed E-state index contributed by atoms with van der Waals surface area (Å²) in [6.07, 6.45) is 2.97. The second-order valence-electron chi connectivity index (χ2n) is 5.19. The molecule has 4 heterocycles. The predicted molar refractivity (Wildman–Crippen MR) is 68.8 cm³/mol. The van der Waals surface area contributed by atoms with E-state index in [1.807, 2.05) is 4.57 Å². The molecule has 0 bridgehead atoms. The predicted octanol–water partition coefficient (Wildman–Crippen LogP) is -0.644. The molecule has 0 spiro atoms. The topological polar surface area (TPSA) is 108 Å². The average Bonchev–Trinajstić information content (AvgIpc) is 3.11. The van der Waals surface area contributed by atoms with Gasteiger partial charge in [0.25, 0.3) is 0 Å². The number of fused-ring (bicyclic) bond motifs is 2. The van der Waals surface area contributed by atoms with Gasteiger partial charge in [-0.3, -0.25) is 0 Å². The lowest BCUT2D eigenvalue weighted by atomic mass is 10.0. The maximum absolute atomic E-state index is 9.32. The normalized spacial score (nSPS) is 32.9. The van der Waals surface area contributed by atoms with E-state index < -0.39 is 0 Å². The molecular formula is C12H15N5O3. The first-order chi connectivity index (χ1) is 9.79. The van der Waals surface area contributed by atoms with Crippen molar-refractivity contribution in [3.05, 3.63) is 12.7 Å². The van der Waals surface area contributed by atoms with Crippen molar-refractivity contribution >= 4 is 17.0 Å². The molecule has 0 aliphatic carbocycles. The third-order valence-corrected chi connectivity index (χ3v) is 4.11. The summed E-state index contributed by atoms with van der Waals surface area (Å²) in [5, 5.41) is 9.32. The van der Waals surface area contributed by atoms with E-state index in [0.717, 1.165) is 0 Å². The van der Waals surface area contributed by atoms with E-state index >= 15 is 0 Å². The maximum atomic E-state index is 9.32. The van der Waals surface area contributed by atoms with Crippen molar-refractivity contribution in [1.29, 1.82) is 0 Å². The molecule has 0 saturated carbocycles. The van der Waals surface area contributed by atoms with Crippen LogP contribution in [0.1, 0.15) is 6.04 Å². The van der Waals surface area contributed by atoms with Gasteiger partial charge in [-0.15, -0.1) is 0 Å². The highest BCUT2D eigenvalue weighted by atomic mass is 16.6. The van der Waals surface area contributed by atoms with E-state index in [-0.39, 0.29) is 30.8 Å². The lowest BCUT2D eigenvalue weighted by Crippen LogP contribution is -2.28. The molecule has 4 unspecified atom stereocenters. The molecule has 0 aromatic carbocycles. The van der Waals surface area contributed by atoms with E-state index in [2.05, 4.69) is 15.0 Å². The lowest BCUT2D eigenvalue weighted by Gasteiger charge is -2.17. The van der Waals surface area contributed by atoms with Crippen LogP contribution in [0.3, 0.4) is 0 Å². The first-order valence-electron chi connectivity index (χ1n) is 6.56.